The normalized spacial score (nSPS) is 26.5. The van der Waals surface area contributed by atoms with Gasteiger partial charge in [0.25, 0.3) is 15.8 Å². The van der Waals surface area contributed by atoms with Crippen LogP contribution >= 0.6 is 0 Å². The molecule has 3 fully saturated rings. The van der Waals surface area contributed by atoms with Gasteiger partial charge in [0.05, 0.1) is 18.2 Å². The minimum atomic E-state index is -3.54. The van der Waals surface area contributed by atoms with E-state index in [1.165, 1.54) is 4.31 Å². The summed E-state index contributed by atoms with van der Waals surface area (Å²) in [5.74, 6) is 0.403. The van der Waals surface area contributed by atoms with Gasteiger partial charge in [-0.25, -0.2) is 4.98 Å². The van der Waals surface area contributed by atoms with Crippen LogP contribution in [-0.4, -0.2) is 76.9 Å². The molecule has 0 unspecified atom stereocenters. The predicted molar refractivity (Wildman–Crippen MR) is 132 cm³/mol. The number of hydrogen-bond donors (Lipinski definition) is 3. The first-order chi connectivity index (χ1) is 16.8. The molecule has 2 aromatic rings. The van der Waals surface area contributed by atoms with Gasteiger partial charge in [0, 0.05) is 49.4 Å². The van der Waals surface area contributed by atoms with Crippen molar-refractivity contribution in [1.82, 2.24) is 23.6 Å². The number of aliphatic hydroxyl groups excluding tert-OH is 1. The SMILES string of the molecule is Cc1cc2cnc(NC3CCN(S(=O)(=O)NC[C@@H]4CCCO4)CC3)nc2n([C@H]2CCC[C@@H]2O)c1=O. The number of nitrogens with one attached hydrogen (secondary N) is 2. The van der Waals surface area contributed by atoms with E-state index in [1.807, 2.05) is 0 Å². The van der Waals surface area contributed by atoms with E-state index in [1.54, 1.807) is 23.8 Å². The van der Waals surface area contributed by atoms with Crippen molar-refractivity contribution in [1.29, 1.82) is 0 Å². The van der Waals surface area contributed by atoms with Crippen molar-refractivity contribution < 1.29 is 18.3 Å². The lowest BCUT2D eigenvalue weighted by Crippen LogP contribution is -2.48. The fourth-order valence-electron chi connectivity index (χ4n) is 5.38. The Bertz CT molecular complexity index is 1220. The molecule has 0 spiro atoms. The van der Waals surface area contributed by atoms with E-state index in [-0.39, 0.29) is 23.7 Å². The lowest BCUT2D eigenvalue weighted by atomic mass is 10.1. The molecule has 0 amide bonds. The lowest BCUT2D eigenvalue weighted by molar-refractivity contribution is 0.114. The number of aliphatic hydroxyl groups is 1. The topological polar surface area (TPSA) is 139 Å². The first kappa shape index (κ1) is 24.6. The van der Waals surface area contributed by atoms with Gasteiger partial charge in [0.15, 0.2) is 0 Å². The van der Waals surface area contributed by atoms with Crippen LogP contribution in [0.5, 0.6) is 0 Å². The van der Waals surface area contributed by atoms with E-state index in [4.69, 9.17) is 4.74 Å². The van der Waals surface area contributed by atoms with Gasteiger partial charge < -0.3 is 15.2 Å². The zero-order chi connectivity index (χ0) is 24.6. The van der Waals surface area contributed by atoms with E-state index in [9.17, 15) is 18.3 Å². The van der Waals surface area contributed by atoms with Crippen molar-refractivity contribution in [2.75, 3.05) is 31.6 Å². The number of rotatable bonds is 7. The third-order valence-corrected chi connectivity index (χ3v) is 8.95. The molecule has 1 saturated carbocycles. The maximum Gasteiger partial charge on any atom is 0.279 e. The molecule has 3 aliphatic rings. The highest BCUT2D eigenvalue weighted by atomic mass is 32.2. The Morgan fingerprint density at radius 2 is 1.97 bits per heavy atom. The third kappa shape index (κ3) is 5.21. The third-order valence-electron chi connectivity index (χ3n) is 7.37. The highest BCUT2D eigenvalue weighted by Crippen LogP contribution is 2.31. The second-order valence-electron chi connectivity index (χ2n) is 9.85. The quantitative estimate of drug-likeness (QED) is 0.507. The Morgan fingerprint density at radius 3 is 2.66 bits per heavy atom. The van der Waals surface area contributed by atoms with Gasteiger partial charge in [-0.05, 0) is 57.9 Å². The van der Waals surface area contributed by atoms with Crippen molar-refractivity contribution in [3.63, 3.8) is 0 Å². The summed E-state index contributed by atoms with van der Waals surface area (Å²) in [6.45, 7) is 3.55. The van der Waals surface area contributed by atoms with Gasteiger partial charge >= 0.3 is 0 Å². The van der Waals surface area contributed by atoms with Gasteiger partial charge in [0.2, 0.25) is 5.95 Å². The maximum atomic E-state index is 13.0. The molecular formula is C23H34N6O5S. The zero-order valence-corrected chi connectivity index (χ0v) is 20.8. The van der Waals surface area contributed by atoms with E-state index in [0.29, 0.717) is 62.7 Å². The van der Waals surface area contributed by atoms with E-state index in [0.717, 1.165) is 31.1 Å². The molecule has 2 saturated heterocycles. The Balaban J connectivity index is 1.26. The monoisotopic (exact) mass is 506 g/mol. The molecule has 3 atom stereocenters. The zero-order valence-electron chi connectivity index (χ0n) is 20.0. The number of piperidine rings is 1. The minimum Gasteiger partial charge on any atom is -0.391 e. The smallest absolute Gasteiger partial charge is 0.279 e. The van der Waals surface area contributed by atoms with Crippen molar-refractivity contribution >= 4 is 27.2 Å². The fourth-order valence-corrected chi connectivity index (χ4v) is 6.65. The summed E-state index contributed by atoms with van der Waals surface area (Å²) in [6.07, 6.45) is 6.45. The summed E-state index contributed by atoms with van der Waals surface area (Å²) in [5, 5.41) is 14.5. The van der Waals surface area contributed by atoms with Crippen molar-refractivity contribution in [3.05, 3.63) is 28.2 Å². The van der Waals surface area contributed by atoms with Crippen LogP contribution < -0.4 is 15.6 Å². The van der Waals surface area contributed by atoms with Crippen molar-refractivity contribution in [3.8, 4) is 0 Å². The van der Waals surface area contributed by atoms with Crippen LogP contribution in [0.4, 0.5) is 5.95 Å². The van der Waals surface area contributed by atoms with Crippen molar-refractivity contribution in [2.45, 2.75) is 76.2 Å². The predicted octanol–water partition coefficient (Wildman–Crippen LogP) is 1.08. The summed E-state index contributed by atoms with van der Waals surface area (Å²) in [5.41, 5.74) is 0.979. The number of ether oxygens (including phenoxy) is 1. The first-order valence-electron chi connectivity index (χ1n) is 12.5. The lowest BCUT2D eigenvalue weighted by Gasteiger charge is -2.31. The average Bonchev–Trinajstić information content (AvgIpc) is 3.51. The van der Waals surface area contributed by atoms with Crippen LogP contribution in [0.1, 0.15) is 56.6 Å². The molecule has 4 heterocycles. The van der Waals surface area contributed by atoms with Gasteiger partial charge in [0.1, 0.15) is 5.65 Å². The molecule has 5 rings (SSSR count). The van der Waals surface area contributed by atoms with E-state index < -0.39 is 16.3 Å². The standard InChI is InChI=1S/C23H34N6O5S/c1-15-12-16-13-24-23(27-21(16)29(22(15)31)19-5-2-6-20(19)30)26-17-7-9-28(10-8-17)35(32,33)25-14-18-4-3-11-34-18/h12-13,17-20,25,30H,2-11,14H2,1H3,(H,24,26,27)/t18-,19-,20-/m0/s1. The number of aromatic nitrogens is 3. The van der Waals surface area contributed by atoms with Gasteiger partial charge in [-0.1, -0.05) is 0 Å². The number of aryl methyl sites for hydroxylation is 1. The molecule has 3 N–H and O–H groups in total. The van der Waals surface area contributed by atoms with Crippen LogP contribution in [-0.2, 0) is 14.9 Å². The molecule has 35 heavy (non-hydrogen) atoms. The van der Waals surface area contributed by atoms with E-state index >= 15 is 0 Å². The van der Waals surface area contributed by atoms with Crippen molar-refractivity contribution in [2.24, 2.45) is 0 Å². The van der Waals surface area contributed by atoms with Crippen LogP contribution in [0, 0.1) is 6.92 Å². The van der Waals surface area contributed by atoms with Crippen LogP contribution in [0.15, 0.2) is 17.1 Å². The molecule has 11 nitrogen and oxygen atoms in total. The van der Waals surface area contributed by atoms with Crippen LogP contribution in [0.3, 0.4) is 0 Å². The second-order valence-corrected chi connectivity index (χ2v) is 11.6. The Kier molecular flexibility index (Phi) is 7.09. The Morgan fingerprint density at radius 1 is 1.17 bits per heavy atom. The number of hydrogen-bond acceptors (Lipinski definition) is 8. The van der Waals surface area contributed by atoms with Gasteiger partial charge in [-0.2, -0.15) is 22.4 Å². The molecule has 12 heteroatoms. The van der Waals surface area contributed by atoms with Gasteiger partial charge in [-0.15, -0.1) is 0 Å². The van der Waals surface area contributed by atoms with Crippen LogP contribution in [0.2, 0.25) is 0 Å². The first-order valence-corrected chi connectivity index (χ1v) is 14.0. The average molecular weight is 507 g/mol. The highest BCUT2D eigenvalue weighted by molar-refractivity contribution is 7.87. The molecule has 2 aromatic heterocycles. The van der Waals surface area contributed by atoms with Crippen LogP contribution in [0.25, 0.3) is 11.0 Å². The Labute approximate surface area is 205 Å². The number of anilines is 1. The largest absolute Gasteiger partial charge is 0.391 e. The summed E-state index contributed by atoms with van der Waals surface area (Å²) in [7, 11) is -3.54. The molecule has 192 valence electrons. The number of nitrogens with zero attached hydrogens (tertiary/aromatic N) is 4. The molecular weight excluding hydrogens is 472 g/mol. The minimum absolute atomic E-state index is 0.0137. The number of pyridine rings is 1. The van der Waals surface area contributed by atoms with Gasteiger partial charge in [-0.3, -0.25) is 9.36 Å². The molecule has 2 aliphatic heterocycles. The highest BCUT2D eigenvalue weighted by Gasteiger charge is 2.31. The van der Waals surface area contributed by atoms with E-state index in [2.05, 4.69) is 20.0 Å². The Hall–Kier alpha value is -2.12. The summed E-state index contributed by atoms with van der Waals surface area (Å²) in [4.78, 5) is 22.1. The fraction of sp³-hybridized carbons (Fsp3) is 0.696. The maximum absolute atomic E-state index is 13.0. The molecule has 0 aromatic carbocycles. The second kappa shape index (κ2) is 10.1. The molecule has 0 radical (unpaired) electrons. The summed E-state index contributed by atoms with van der Waals surface area (Å²) < 4.78 is 36.6. The molecule has 0 bridgehead atoms. The molecule has 1 aliphatic carbocycles. The summed E-state index contributed by atoms with van der Waals surface area (Å²) in [6, 6.07) is 1.51. The summed E-state index contributed by atoms with van der Waals surface area (Å²) >= 11 is 0. The number of fused-ring (bicyclic) bond motifs is 1.